The summed E-state index contributed by atoms with van der Waals surface area (Å²) in [5.41, 5.74) is 0.993. The van der Waals surface area contributed by atoms with Gasteiger partial charge in [0.1, 0.15) is 0 Å². The number of thiophene rings is 1. The molecule has 0 fully saturated rings. The van der Waals surface area contributed by atoms with Gasteiger partial charge in [0.2, 0.25) is 0 Å². The molecule has 68 valence electrons. The molecule has 0 aliphatic rings. The molecule has 1 heterocycles. The molecule has 0 bridgehead atoms. The van der Waals surface area contributed by atoms with Crippen LogP contribution in [-0.2, 0) is 5.88 Å². The third kappa shape index (κ3) is 1.52. The zero-order chi connectivity index (χ0) is 9.42. The van der Waals surface area contributed by atoms with Gasteiger partial charge in [-0.25, -0.2) is 0 Å². The molecule has 2 aromatic rings. The average Bonchev–Trinajstić information content (AvgIpc) is 2.45. The third-order valence-electron chi connectivity index (χ3n) is 1.89. The minimum atomic E-state index is 0.320. The van der Waals surface area contributed by atoms with Crippen molar-refractivity contribution in [2.24, 2.45) is 0 Å². The Balaban J connectivity index is 2.82. The van der Waals surface area contributed by atoms with Crippen molar-refractivity contribution < 1.29 is 5.11 Å². The number of alkyl halides is 1. The lowest BCUT2D eigenvalue weighted by Crippen LogP contribution is -1.80. The van der Waals surface area contributed by atoms with Gasteiger partial charge in [-0.05, 0) is 23.1 Å². The SMILES string of the molecule is Oc1cc2ccc(S)c(CCl)c2s1. The second-order valence-electron chi connectivity index (χ2n) is 2.70. The Labute approximate surface area is 90.4 Å². The van der Waals surface area contributed by atoms with Crippen molar-refractivity contribution in [1.82, 2.24) is 0 Å². The molecular formula is C9H7ClOS2. The van der Waals surface area contributed by atoms with Crippen LogP contribution in [0.15, 0.2) is 23.1 Å². The van der Waals surface area contributed by atoms with Crippen molar-refractivity contribution in [2.45, 2.75) is 10.8 Å². The van der Waals surface area contributed by atoms with Gasteiger partial charge in [-0.15, -0.1) is 24.2 Å². The van der Waals surface area contributed by atoms with Gasteiger partial charge in [0, 0.05) is 15.5 Å². The van der Waals surface area contributed by atoms with Gasteiger partial charge in [0.25, 0.3) is 0 Å². The van der Waals surface area contributed by atoms with E-state index in [1.165, 1.54) is 11.3 Å². The summed E-state index contributed by atoms with van der Waals surface area (Å²) in [4.78, 5) is 0.879. The monoisotopic (exact) mass is 230 g/mol. The minimum absolute atomic E-state index is 0.320. The molecular weight excluding hydrogens is 224 g/mol. The Bertz CT molecular complexity index is 450. The molecule has 0 saturated carbocycles. The van der Waals surface area contributed by atoms with Crippen molar-refractivity contribution in [2.75, 3.05) is 0 Å². The third-order valence-corrected chi connectivity index (χ3v) is 3.58. The summed E-state index contributed by atoms with van der Waals surface area (Å²) in [5, 5.41) is 10.7. The molecule has 1 aromatic carbocycles. The summed E-state index contributed by atoms with van der Waals surface area (Å²) in [7, 11) is 0. The smallest absolute Gasteiger partial charge is 0.172 e. The highest BCUT2D eigenvalue weighted by molar-refractivity contribution is 7.80. The van der Waals surface area contributed by atoms with Crippen molar-refractivity contribution in [1.29, 1.82) is 0 Å². The maximum Gasteiger partial charge on any atom is 0.172 e. The van der Waals surface area contributed by atoms with Crippen LogP contribution in [0.3, 0.4) is 0 Å². The second kappa shape index (κ2) is 3.40. The molecule has 0 atom stereocenters. The largest absolute Gasteiger partial charge is 0.499 e. The van der Waals surface area contributed by atoms with E-state index in [4.69, 9.17) is 11.6 Å². The first-order valence-electron chi connectivity index (χ1n) is 3.71. The maximum absolute atomic E-state index is 9.32. The van der Waals surface area contributed by atoms with Crippen LogP contribution in [0.25, 0.3) is 10.1 Å². The van der Waals surface area contributed by atoms with E-state index in [2.05, 4.69) is 12.6 Å². The number of thiol groups is 1. The summed E-state index contributed by atoms with van der Waals surface area (Å²) in [6.07, 6.45) is 0. The van der Waals surface area contributed by atoms with Gasteiger partial charge in [0.15, 0.2) is 5.06 Å². The molecule has 0 aliphatic heterocycles. The summed E-state index contributed by atoms with van der Waals surface area (Å²) in [5.74, 6) is 0.427. The summed E-state index contributed by atoms with van der Waals surface area (Å²) >= 11 is 11.4. The van der Waals surface area contributed by atoms with Gasteiger partial charge in [-0.1, -0.05) is 17.4 Å². The predicted octanol–water partition coefficient (Wildman–Crippen LogP) is 3.63. The van der Waals surface area contributed by atoms with Crippen molar-refractivity contribution in [3.8, 4) is 5.06 Å². The second-order valence-corrected chi connectivity index (χ2v) is 4.48. The molecule has 0 unspecified atom stereocenters. The fraction of sp³-hybridized carbons (Fsp3) is 0.111. The fourth-order valence-electron chi connectivity index (χ4n) is 1.27. The predicted molar refractivity (Wildman–Crippen MR) is 60.3 cm³/mol. The minimum Gasteiger partial charge on any atom is -0.499 e. The Morgan fingerprint density at radius 2 is 2.23 bits per heavy atom. The number of hydrogen-bond acceptors (Lipinski definition) is 3. The standard InChI is InChI=1S/C9H7ClOS2/c10-4-6-7(12)2-1-5-3-8(11)13-9(5)6/h1-3,11-12H,4H2. The van der Waals surface area contributed by atoms with Gasteiger partial charge in [-0.2, -0.15) is 0 Å². The van der Waals surface area contributed by atoms with E-state index in [0.29, 0.717) is 10.9 Å². The summed E-state index contributed by atoms with van der Waals surface area (Å²) in [6.45, 7) is 0. The van der Waals surface area contributed by atoms with Crippen molar-refractivity contribution in [3.05, 3.63) is 23.8 Å². The van der Waals surface area contributed by atoms with Crippen LogP contribution in [0.5, 0.6) is 5.06 Å². The molecule has 4 heteroatoms. The highest BCUT2D eigenvalue weighted by Crippen LogP contribution is 2.36. The van der Waals surface area contributed by atoms with Crippen LogP contribution >= 0.6 is 35.6 Å². The number of fused-ring (bicyclic) bond motifs is 1. The summed E-state index contributed by atoms with van der Waals surface area (Å²) in [6, 6.07) is 5.57. The van der Waals surface area contributed by atoms with E-state index < -0.39 is 0 Å². The fourth-order valence-corrected chi connectivity index (χ4v) is 3.00. The molecule has 0 amide bonds. The Morgan fingerprint density at radius 3 is 2.92 bits per heavy atom. The van der Waals surface area contributed by atoms with E-state index in [0.717, 1.165) is 20.5 Å². The van der Waals surface area contributed by atoms with Crippen LogP contribution in [0.4, 0.5) is 0 Å². The lowest BCUT2D eigenvalue weighted by molar-refractivity contribution is 0.491. The highest BCUT2D eigenvalue weighted by atomic mass is 35.5. The molecule has 0 spiro atoms. The highest BCUT2D eigenvalue weighted by Gasteiger charge is 2.07. The molecule has 2 rings (SSSR count). The zero-order valence-corrected chi connectivity index (χ0v) is 9.09. The number of rotatable bonds is 1. The zero-order valence-electron chi connectivity index (χ0n) is 6.62. The molecule has 0 saturated heterocycles. The quantitative estimate of drug-likeness (QED) is 0.566. The van der Waals surface area contributed by atoms with E-state index in [1.807, 2.05) is 12.1 Å². The van der Waals surface area contributed by atoms with Crippen LogP contribution in [0.1, 0.15) is 5.56 Å². The van der Waals surface area contributed by atoms with E-state index in [9.17, 15) is 5.11 Å². The van der Waals surface area contributed by atoms with Crippen molar-refractivity contribution >= 4 is 45.7 Å². The first kappa shape index (κ1) is 9.19. The maximum atomic E-state index is 9.32. The average molecular weight is 231 g/mol. The molecule has 13 heavy (non-hydrogen) atoms. The normalized spacial score (nSPS) is 10.9. The molecule has 1 aromatic heterocycles. The van der Waals surface area contributed by atoms with E-state index in [1.54, 1.807) is 6.07 Å². The summed E-state index contributed by atoms with van der Waals surface area (Å²) < 4.78 is 1.03. The number of halogens is 1. The van der Waals surface area contributed by atoms with Crippen molar-refractivity contribution in [3.63, 3.8) is 0 Å². The van der Waals surface area contributed by atoms with Gasteiger partial charge in [-0.3, -0.25) is 0 Å². The lowest BCUT2D eigenvalue weighted by atomic mass is 10.2. The molecule has 1 N–H and O–H groups in total. The molecule has 0 radical (unpaired) electrons. The van der Waals surface area contributed by atoms with Crippen LogP contribution in [-0.4, -0.2) is 5.11 Å². The Morgan fingerprint density at radius 1 is 1.46 bits per heavy atom. The Hall–Kier alpha value is -0.380. The Kier molecular flexibility index (Phi) is 2.41. The van der Waals surface area contributed by atoms with E-state index >= 15 is 0 Å². The van der Waals surface area contributed by atoms with Crippen LogP contribution < -0.4 is 0 Å². The molecule has 0 aliphatic carbocycles. The van der Waals surface area contributed by atoms with Crippen LogP contribution in [0, 0.1) is 0 Å². The van der Waals surface area contributed by atoms with Gasteiger partial charge in [0.05, 0.1) is 0 Å². The number of benzene rings is 1. The van der Waals surface area contributed by atoms with Crippen LogP contribution in [0.2, 0.25) is 0 Å². The number of aromatic hydroxyl groups is 1. The first-order chi connectivity index (χ1) is 6.22. The lowest BCUT2D eigenvalue weighted by Gasteiger charge is -2.01. The first-order valence-corrected chi connectivity index (χ1v) is 5.51. The topological polar surface area (TPSA) is 20.2 Å². The number of hydrogen-bond donors (Lipinski definition) is 2. The molecule has 1 nitrogen and oxygen atoms in total. The van der Waals surface area contributed by atoms with E-state index in [-0.39, 0.29) is 0 Å². The van der Waals surface area contributed by atoms with Gasteiger partial charge < -0.3 is 5.11 Å². The van der Waals surface area contributed by atoms with Gasteiger partial charge >= 0.3 is 0 Å².